The molecular weight excluding hydrogens is 220 g/mol. The summed E-state index contributed by atoms with van der Waals surface area (Å²) in [6, 6.07) is 0. The van der Waals surface area contributed by atoms with Gasteiger partial charge in [-0.05, 0) is 70.1 Å². The first-order valence-electron chi connectivity index (χ1n) is 8.16. The number of hydrogen-bond donors (Lipinski definition) is 1. The fraction of sp³-hybridized carbons (Fsp3) is 1.00. The smallest absolute Gasteiger partial charge is 0.00160 e. The Morgan fingerprint density at radius 1 is 1.00 bits per heavy atom. The van der Waals surface area contributed by atoms with E-state index in [1.165, 1.54) is 71.0 Å². The lowest BCUT2D eigenvalue weighted by molar-refractivity contribution is 0.266. The molecule has 0 aromatic heterocycles. The molecule has 0 aromatic rings. The van der Waals surface area contributed by atoms with E-state index in [1.54, 1.807) is 0 Å². The molecule has 1 saturated heterocycles. The molecule has 1 rings (SSSR count). The normalized spacial score (nSPS) is 22.3. The largest absolute Gasteiger partial charge is 0.330 e. The van der Waals surface area contributed by atoms with Crippen molar-refractivity contribution >= 4 is 0 Å². The average molecular weight is 254 g/mol. The second-order valence-corrected chi connectivity index (χ2v) is 6.33. The maximum atomic E-state index is 5.51. The molecule has 0 aliphatic carbocycles. The predicted molar refractivity (Wildman–Crippen MR) is 80.8 cm³/mol. The van der Waals surface area contributed by atoms with E-state index in [4.69, 9.17) is 5.73 Å². The zero-order valence-electron chi connectivity index (χ0n) is 12.7. The maximum absolute atomic E-state index is 5.51. The highest BCUT2D eigenvalue weighted by Gasteiger charge is 2.18. The van der Waals surface area contributed by atoms with E-state index in [1.807, 2.05) is 0 Å². The molecule has 1 aliphatic heterocycles. The van der Waals surface area contributed by atoms with Gasteiger partial charge in [0.15, 0.2) is 0 Å². The van der Waals surface area contributed by atoms with Crippen LogP contribution in [-0.2, 0) is 0 Å². The zero-order chi connectivity index (χ0) is 13.2. The van der Waals surface area contributed by atoms with E-state index in [2.05, 4.69) is 18.7 Å². The first-order chi connectivity index (χ1) is 8.74. The van der Waals surface area contributed by atoms with Crippen molar-refractivity contribution in [3.63, 3.8) is 0 Å². The molecule has 0 spiro atoms. The summed E-state index contributed by atoms with van der Waals surface area (Å²) in [5, 5.41) is 0. The van der Waals surface area contributed by atoms with Gasteiger partial charge in [-0.1, -0.05) is 33.1 Å². The summed E-state index contributed by atoms with van der Waals surface area (Å²) in [4.78, 5) is 2.70. The van der Waals surface area contributed by atoms with E-state index in [-0.39, 0.29) is 0 Å². The zero-order valence-corrected chi connectivity index (χ0v) is 12.7. The van der Waals surface area contributed by atoms with Crippen molar-refractivity contribution in [1.82, 2.24) is 4.90 Å². The fourth-order valence-electron chi connectivity index (χ4n) is 3.08. The quantitative estimate of drug-likeness (QED) is 0.670. The Bertz CT molecular complexity index is 192. The Morgan fingerprint density at radius 2 is 1.72 bits per heavy atom. The van der Waals surface area contributed by atoms with Crippen LogP contribution in [0.25, 0.3) is 0 Å². The Morgan fingerprint density at radius 3 is 2.44 bits per heavy atom. The van der Waals surface area contributed by atoms with Gasteiger partial charge in [0.25, 0.3) is 0 Å². The van der Waals surface area contributed by atoms with Crippen LogP contribution in [0.1, 0.15) is 65.2 Å². The number of rotatable bonds is 8. The van der Waals surface area contributed by atoms with E-state index in [9.17, 15) is 0 Å². The second kappa shape index (κ2) is 9.80. The molecule has 2 nitrogen and oxygen atoms in total. The topological polar surface area (TPSA) is 29.3 Å². The fourth-order valence-corrected chi connectivity index (χ4v) is 3.08. The number of hydrogen-bond acceptors (Lipinski definition) is 2. The van der Waals surface area contributed by atoms with Crippen molar-refractivity contribution in [2.24, 2.45) is 17.6 Å². The van der Waals surface area contributed by atoms with Crippen LogP contribution in [-0.4, -0.2) is 31.1 Å². The van der Waals surface area contributed by atoms with Crippen molar-refractivity contribution in [3.05, 3.63) is 0 Å². The molecule has 0 aromatic carbocycles. The maximum Gasteiger partial charge on any atom is -0.00160 e. The van der Waals surface area contributed by atoms with Gasteiger partial charge >= 0.3 is 0 Å². The average Bonchev–Trinajstić information content (AvgIpc) is 2.59. The van der Waals surface area contributed by atoms with Crippen molar-refractivity contribution in [2.75, 3.05) is 26.2 Å². The van der Waals surface area contributed by atoms with Crippen molar-refractivity contribution < 1.29 is 0 Å². The third kappa shape index (κ3) is 6.75. The summed E-state index contributed by atoms with van der Waals surface area (Å²) in [5.74, 6) is 1.85. The molecule has 0 radical (unpaired) electrons. The molecule has 108 valence electrons. The third-order valence-electron chi connectivity index (χ3n) is 4.49. The Hall–Kier alpha value is -0.0800. The molecule has 0 saturated carbocycles. The van der Waals surface area contributed by atoms with Crippen LogP contribution in [0.15, 0.2) is 0 Å². The van der Waals surface area contributed by atoms with Gasteiger partial charge in [-0.25, -0.2) is 0 Å². The summed E-state index contributed by atoms with van der Waals surface area (Å²) in [5.41, 5.74) is 5.51. The lowest BCUT2D eigenvalue weighted by Gasteiger charge is -2.21. The highest BCUT2D eigenvalue weighted by molar-refractivity contribution is 4.72. The first kappa shape index (κ1) is 16.0. The molecule has 1 heterocycles. The second-order valence-electron chi connectivity index (χ2n) is 6.33. The highest BCUT2D eigenvalue weighted by atomic mass is 15.1. The van der Waals surface area contributed by atoms with Crippen LogP contribution in [0, 0.1) is 11.8 Å². The molecule has 1 unspecified atom stereocenters. The minimum atomic E-state index is 0.864. The first-order valence-corrected chi connectivity index (χ1v) is 8.16. The van der Waals surface area contributed by atoms with Crippen LogP contribution in [0.4, 0.5) is 0 Å². The van der Waals surface area contributed by atoms with Crippen LogP contribution in [0.2, 0.25) is 0 Å². The summed E-state index contributed by atoms with van der Waals surface area (Å²) in [7, 11) is 0. The van der Waals surface area contributed by atoms with Gasteiger partial charge < -0.3 is 10.6 Å². The molecule has 2 heteroatoms. The molecule has 1 atom stereocenters. The minimum Gasteiger partial charge on any atom is -0.330 e. The van der Waals surface area contributed by atoms with Crippen molar-refractivity contribution in [2.45, 2.75) is 65.2 Å². The van der Waals surface area contributed by atoms with Gasteiger partial charge in [0.05, 0.1) is 0 Å². The van der Waals surface area contributed by atoms with E-state index < -0.39 is 0 Å². The molecule has 18 heavy (non-hydrogen) atoms. The third-order valence-corrected chi connectivity index (χ3v) is 4.49. The van der Waals surface area contributed by atoms with Crippen molar-refractivity contribution in [1.29, 1.82) is 0 Å². The van der Waals surface area contributed by atoms with E-state index in [0.29, 0.717) is 0 Å². The molecule has 1 fully saturated rings. The van der Waals surface area contributed by atoms with Crippen LogP contribution >= 0.6 is 0 Å². The van der Waals surface area contributed by atoms with Gasteiger partial charge in [0.1, 0.15) is 0 Å². The molecule has 0 amide bonds. The van der Waals surface area contributed by atoms with Gasteiger partial charge in [0, 0.05) is 0 Å². The Kier molecular flexibility index (Phi) is 8.70. The van der Waals surface area contributed by atoms with Gasteiger partial charge in [-0.15, -0.1) is 0 Å². The highest BCUT2D eigenvalue weighted by Crippen LogP contribution is 2.24. The predicted octanol–water partition coefficient (Wildman–Crippen LogP) is 3.65. The lowest BCUT2D eigenvalue weighted by atomic mass is 9.89. The van der Waals surface area contributed by atoms with Crippen LogP contribution in [0.3, 0.4) is 0 Å². The minimum absolute atomic E-state index is 0.864. The van der Waals surface area contributed by atoms with Gasteiger partial charge in [0.2, 0.25) is 0 Å². The Labute approximate surface area is 114 Å². The van der Waals surface area contributed by atoms with E-state index in [0.717, 1.165) is 18.4 Å². The van der Waals surface area contributed by atoms with Crippen LogP contribution in [0.5, 0.6) is 0 Å². The van der Waals surface area contributed by atoms with Crippen molar-refractivity contribution in [3.8, 4) is 0 Å². The molecule has 2 N–H and O–H groups in total. The molecule has 0 bridgehead atoms. The van der Waals surface area contributed by atoms with E-state index >= 15 is 0 Å². The summed E-state index contributed by atoms with van der Waals surface area (Å²) >= 11 is 0. The number of likely N-dealkylation sites (tertiary alicyclic amines) is 1. The summed E-state index contributed by atoms with van der Waals surface area (Å²) < 4.78 is 0. The molecule has 1 aliphatic rings. The Balaban J connectivity index is 2.05. The van der Waals surface area contributed by atoms with Crippen LogP contribution < -0.4 is 5.73 Å². The number of unbranched alkanes of at least 4 members (excludes halogenated alkanes) is 4. The lowest BCUT2D eigenvalue weighted by Crippen LogP contribution is -2.26. The van der Waals surface area contributed by atoms with Gasteiger partial charge in [-0.3, -0.25) is 0 Å². The molecular formula is C16H34N2. The summed E-state index contributed by atoms with van der Waals surface area (Å²) in [6.45, 7) is 9.64. The standard InChI is InChI=1S/C16H34N2/c1-15(2)16-9-8-13-18(14-10-16)12-7-5-3-4-6-11-17/h15-16H,3-14,17H2,1-2H3. The summed E-state index contributed by atoms with van der Waals surface area (Å²) in [6.07, 6.45) is 11.0. The number of nitrogens with zero attached hydrogens (tertiary/aromatic N) is 1. The van der Waals surface area contributed by atoms with Gasteiger partial charge in [-0.2, -0.15) is 0 Å². The monoisotopic (exact) mass is 254 g/mol. The number of nitrogens with two attached hydrogens (primary N) is 1. The SMILES string of the molecule is CC(C)C1CCCN(CCCCCCCN)CC1.